The van der Waals surface area contributed by atoms with Gasteiger partial charge in [-0.2, -0.15) is 0 Å². The van der Waals surface area contributed by atoms with Crippen LogP contribution < -0.4 is 11.1 Å². The second-order valence-electron chi connectivity index (χ2n) is 5.45. The average molecular weight is 275 g/mol. The van der Waals surface area contributed by atoms with Crippen LogP contribution in [0.1, 0.15) is 30.7 Å². The maximum Gasteiger partial charge on any atom is 0.0907 e. The molecule has 0 bridgehead atoms. The first-order chi connectivity index (χ1) is 9.26. The van der Waals surface area contributed by atoms with Crippen molar-refractivity contribution in [1.82, 2.24) is 4.98 Å². The highest BCUT2D eigenvalue weighted by Crippen LogP contribution is 2.29. The van der Waals surface area contributed by atoms with Crippen molar-refractivity contribution in [2.45, 2.75) is 38.6 Å². The van der Waals surface area contributed by atoms with Crippen molar-refractivity contribution in [1.29, 1.82) is 0 Å². The van der Waals surface area contributed by atoms with Crippen LogP contribution in [0.25, 0.3) is 10.2 Å². The zero-order valence-electron chi connectivity index (χ0n) is 11.4. The Balaban J connectivity index is 1.79. The van der Waals surface area contributed by atoms with E-state index in [1.807, 2.05) is 0 Å². The van der Waals surface area contributed by atoms with Gasteiger partial charge < -0.3 is 11.1 Å². The fourth-order valence-corrected chi connectivity index (χ4v) is 3.89. The summed E-state index contributed by atoms with van der Waals surface area (Å²) >= 11 is 1.76. The molecule has 1 aliphatic carbocycles. The lowest BCUT2D eigenvalue weighted by atomic mass is 9.84. The number of nitrogens with zero attached hydrogens (tertiary/aromatic N) is 1. The zero-order chi connectivity index (χ0) is 13.2. The molecule has 1 fully saturated rings. The molecule has 0 amide bonds. The first kappa shape index (κ1) is 12.9. The number of benzene rings is 1. The van der Waals surface area contributed by atoms with E-state index in [-0.39, 0.29) is 0 Å². The monoisotopic (exact) mass is 275 g/mol. The molecule has 0 saturated heterocycles. The summed E-state index contributed by atoms with van der Waals surface area (Å²) in [7, 11) is 0. The van der Waals surface area contributed by atoms with Crippen LogP contribution >= 0.6 is 11.3 Å². The Morgan fingerprint density at radius 3 is 3.05 bits per heavy atom. The van der Waals surface area contributed by atoms with E-state index in [0.29, 0.717) is 12.0 Å². The summed E-state index contributed by atoms with van der Waals surface area (Å²) in [6.07, 6.45) is 5.14. The van der Waals surface area contributed by atoms with Gasteiger partial charge in [0.05, 0.1) is 15.2 Å². The number of hydrogen-bond acceptors (Lipinski definition) is 4. The van der Waals surface area contributed by atoms with Crippen molar-refractivity contribution in [2.75, 3.05) is 11.9 Å². The summed E-state index contributed by atoms with van der Waals surface area (Å²) in [5, 5.41) is 4.81. The maximum atomic E-state index is 5.89. The molecule has 3 N–H and O–H groups in total. The number of nitrogens with two attached hydrogens (primary N) is 1. The number of aromatic nitrogens is 1. The summed E-state index contributed by atoms with van der Waals surface area (Å²) in [5.74, 6) is 0.618. The highest BCUT2D eigenvalue weighted by atomic mass is 32.1. The lowest BCUT2D eigenvalue weighted by Gasteiger charge is -2.32. The van der Waals surface area contributed by atoms with Crippen molar-refractivity contribution in [3.63, 3.8) is 0 Å². The van der Waals surface area contributed by atoms with Gasteiger partial charge in [-0.05, 0) is 50.4 Å². The predicted octanol–water partition coefficient (Wildman–Crippen LogP) is 3.53. The molecule has 3 nitrogen and oxygen atoms in total. The van der Waals surface area contributed by atoms with Gasteiger partial charge in [0.15, 0.2) is 0 Å². The third-order valence-corrected chi connectivity index (χ3v) is 4.99. The second-order valence-corrected chi connectivity index (χ2v) is 6.68. The van der Waals surface area contributed by atoms with Crippen molar-refractivity contribution in [3.05, 3.63) is 23.2 Å². The molecule has 1 heterocycles. The highest BCUT2D eigenvalue weighted by molar-refractivity contribution is 7.18. The number of rotatable bonds is 3. The van der Waals surface area contributed by atoms with Crippen LogP contribution in [0.3, 0.4) is 0 Å². The van der Waals surface area contributed by atoms with Gasteiger partial charge >= 0.3 is 0 Å². The number of nitrogens with one attached hydrogen (secondary N) is 1. The molecule has 2 atom stereocenters. The van der Waals surface area contributed by atoms with Crippen LogP contribution in [0.4, 0.5) is 5.69 Å². The van der Waals surface area contributed by atoms with Crippen LogP contribution in [0, 0.1) is 12.8 Å². The largest absolute Gasteiger partial charge is 0.382 e. The van der Waals surface area contributed by atoms with Gasteiger partial charge in [0.25, 0.3) is 0 Å². The molecule has 19 heavy (non-hydrogen) atoms. The van der Waals surface area contributed by atoms with Gasteiger partial charge in [0, 0.05) is 11.7 Å². The molecule has 3 rings (SSSR count). The number of thiazole rings is 1. The van der Waals surface area contributed by atoms with E-state index in [0.717, 1.165) is 17.1 Å². The van der Waals surface area contributed by atoms with E-state index in [9.17, 15) is 0 Å². The van der Waals surface area contributed by atoms with Gasteiger partial charge in [0.1, 0.15) is 0 Å². The van der Waals surface area contributed by atoms with Gasteiger partial charge in [0.2, 0.25) is 0 Å². The minimum atomic E-state index is 0.533. The van der Waals surface area contributed by atoms with E-state index in [2.05, 4.69) is 35.4 Å². The Morgan fingerprint density at radius 2 is 2.21 bits per heavy atom. The molecule has 1 aromatic carbocycles. The molecule has 4 heteroatoms. The van der Waals surface area contributed by atoms with E-state index < -0.39 is 0 Å². The predicted molar refractivity (Wildman–Crippen MR) is 82.8 cm³/mol. The summed E-state index contributed by atoms with van der Waals surface area (Å²) < 4.78 is 1.27. The molecule has 1 aliphatic rings. The molecule has 2 aromatic rings. The van der Waals surface area contributed by atoms with Crippen molar-refractivity contribution < 1.29 is 0 Å². The van der Waals surface area contributed by atoms with Gasteiger partial charge in [-0.1, -0.05) is 12.8 Å². The zero-order valence-corrected chi connectivity index (χ0v) is 12.2. The Morgan fingerprint density at radius 1 is 1.37 bits per heavy atom. The Kier molecular flexibility index (Phi) is 3.71. The molecule has 102 valence electrons. The molecule has 0 aliphatic heterocycles. The van der Waals surface area contributed by atoms with Crippen molar-refractivity contribution in [2.24, 2.45) is 11.7 Å². The Hall–Kier alpha value is -1.13. The summed E-state index contributed by atoms with van der Waals surface area (Å²) in [6.45, 7) is 2.85. The Labute approximate surface area is 118 Å². The third-order valence-electron chi connectivity index (χ3n) is 4.06. The topological polar surface area (TPSA) is 50.9 Å². The van der Waals surface area contributed by atoms with Crippen LogP contribution in [0.15, 0.2) is 18.2 Å². The number of anilines is 1. The summed E-state index contributed by atoms with van der Waals surface area (Å²) in [5.41, 5.74) is 8.21. The average Bonchev–Trinajstić information content (AvgIpc) is 2.79. The van der Waals surface area contributed by atoms with Crippen molar-refractivity contribution in [3.8, 4) is 0 Å². The number of fused-ring (bicyclic) bond motifs is 1. The normalized spacial score (nSPS) is 23.7. The maximum absolute atomic E-state index is 5.89. The summed E-state index contributed by atoms with van der Waals surface area (Å²) in [6, 6.07) is 7.01. The van der Waals surface area contributed by atoms with Gasteiger partial charge in [-0.15, -0.1) is 11.3 Å². The fraction of sp³-hybridized carbons (Fsp3) is 0.533. The Bertz CT molecular complexity index is 564. The molecule has 2 unspecified atom stereocenters. The van der Waals surface area contributed by atoms with E-state index in [4.69, 9.17) is 5.73 Å². The highest BCUT2D eigenvalue weighted by Gasteiger charge is 2.23. The minimum absolute atomic E-state index is 0.533. The third kappa shape index (κ3) is 2.74. The van der Waals surface area contributed by atoms with Gasteiger partial charge in [-0.25, -0.2) is 4.98 Å². The first-order valence-electron chi connectivity index (χ1n) is 7.10. The molecule has 1 aromatic heterocycles. The molecule has 0 spiro atoms. The lowest BCUT2D eigenvalue weighted by Crippen LogP contribution is -2.36. The molecule has 0 radical (unpaired) electrons. The fourth-order valence-electron chi connectivity index (χ4n) is 3.02. The van der Waals surface area contributed by atoms with Crippen LogP contribution in [-0.2, 0) is 0 Å². The smallest absolute Gasteiger partial charge is 0.0907 e. The first-order valence-corrected chi connectivity index (χ1v) is 7.91. The molecular formula is C15H21N3S. The SMILES string of the molecule is Cc1nc2ccc(NC3CCCCC3CN)cc2s1. The standard InChI is InChI=1S/C15H21N3S/c1-10-17-14-7-6-12(8-15(14)19-10)18-13-5-3-2-4-11(13)9-16/h6-8,11,13,18H,2-5,9,16H2,1H3. The number of hydrogen-bond donors (Lipinski definition) is 2. The van der Waals surface area contributed by atoms with Crippen LogP contribution in [0.2, 0.25) is 0 Å². The van der Waals surface area contributed by atoms with Crippen LogP contribution in [0.5, 0.6) is 0 Å². The van der Waals surface area contributed by atoms with Gasteiger partial charge in [-0.3, -0.25) is 0 Å². The van der Waals surface area contributed by atoms with E-state index >= 15 is 0 Å². The van der Waals surface area contributed by atoms with Crippen molar-refractivity contribution >= 4 is 27.2 Å². The second kappa shape index (κ2) is 5.47. The molecular weight excluding hydrogens is 254 g/mol. The van der Waals surface area contributed by atoms with E-state index in [1.165, 1.54) is 36.1 Å². The minimum Gasteiger partial charge on any atom is -0.382 e. The van der Waals surface area contributed by atoms with Crippen LogP contribution in [-0.4, -0.2) is 17.6 Å². The quantitative estimate of drug-likeness (QED) is 0.901. The number of aryl methyl sites for hydroxylation is 1. The van der Waals surface area contributed by atoms with E-state index in [1.54, 1.807) is 11.3 Å². The summed E-state index contributed by atoms with van der Waals surface area (Å²) in [4.78, 5) is 4.50. The lowest BCUT2D eigenvalue weighted by molar-refractivity contribution is 0.332. The molecule has 1 saturated carbocycles.